The zero-order chi connectivity index (χ0) is 15.2. The molecule has 112 valence electrons. The molecule has 2 amide bonds. The molecular formula is C14H16N2O4S. The maximum atomic E-state index is 12.0. The number of carbonyl (C=O) groups excluding carboxylic acids is 3. The second kappa shape index (κ2) is 7.12. The molecule has 7 heteroatoms. The molecule has 2 N–H and O–H groups in total. The fourth-order valence-electron chi connectivity index (χ4n) is 1.84. The van der Waals surface area contributed by atoms with E-state index in [1.165, 1.54) is 11.8 Å². The van der Waals surface area contributed by atoms with Crippen LogP contribution in [0.15, 0.2) is 23.1 Å². The lowest BCUT2D eigenvalue weighted by Gasteiger charge is -2.16. The Hall–Kier alpha value is -2.02. The molecule has 0 spiro atoms. The molecule has 0 saturated heterocycles. The summed E-state index contributed by atoms with van der Waals surface area (Å²) in [6.07, 6.45) is 0.136. The van der Waals surface area contributed by atoms with E-state index in [1.54, 1.807) is 25.1 Å². The standard InChI is InChI=1S/C14H16N2O4S/c1-2-20-13(18)5-6-15-14(19)9-3-4-11-10(7-9)16-12(17)8-21-11/h3-4,7H,2,5-6,8H2,1H3,(H,15,19)(H,16,17). The molecule has 2 rings (SSSR count). The van der Waals surface area contributed by atoms with Gasteiger partial charge in [-0.3, -0.25) is 14.4 Å². The Kier molecular flexibility index (Phi) is 5.21. The summed E-state index contributed by atoms with van der Waals surface area (Å²) in [5.74, 6) is -0.316. The zero-order valence-electron chi connectivity index (χ0n) is 11.6. The maximum Gasteiger partial charge on any atom is 0.307 e. The number of ether oxygens (including phenoxy) is 1. The molecule has 0 bridgehead atoms. The number of amides is 2. The molecule has 0 fully saturated rings. The smallest absolute Gasteiger partial charge is 0.307 e. The first-order chi connectivity index (χ1) is 10.1. The summed E-state index contributed by atoms with van der Waals surface area (Å²) in [6.45, 7) is 2.28. The van der Waals surface area contributed by atoms with Crippen LogP contribution >= 0.6 is 11.8 Å². The van der Waals surface area contributed by atoms with Crippen LogP contribution in [0.25, 0.3) is 0 Å². The molecule has 21 heavy (non-hydrogen) atoms. The number of carbonyl (C=O) groups is 3. The number of hydrogen-bond acceptors (Lipinski definition) is 5. The molecule has 0 saturated carbocycles. The molecule has 1 aromatic rings. The van der Waals surface area contributed by atoms with Gasteiger partial charge in [-0.25, -0.2) is 0 Å². The van der Waals surface area contributed by atoms with E-state index in [1.807, 2.05) is 0 Å². The lowest BCUT2D eigenvalue weighted by atomic mass is 10.2. The van der Waals surface area contributed by atoms with Gasteiger partial charge in [-0.05, 0) is 25.1 Å². The number of rotatable bonds is 5. The SMILES string of the molecule is CCOC(=O)CCNC(=O)c1ccc2c(c1)NC(=O)CS2. The summed E-state index contributed by atoms with van der Waals surface area (Å²) < 4.78 is 4.78. The van der Waals surface area contributed by atoms with E-state index in [9.17, 15) is 14.4 Å². The number of benzene rings is 1. The Balaban J connectivity index is 1.92. The van der Waals surface area contributed by atoms with Crippen LogP contribution in [0.1, 0.15) is 23.7 Å². The highest BCUT2D eigenvalue weighted by atomic mass is 32.2. The lowest BCUT2D eigenvalue weighted by Crippen LogP contribution is -2.27. The molecule has 0 aliphatic carbocycles. The molecule has 1 aromatic carbocycles. The first kappa shape index (κ1) is 15.4. The largest absolute Gasteiger partial charge is 0.466 e. The highest BCUT2D eigenvalue weighted by molar-refractivity contribution is 8.00. The molecule has 0 atom stereocenters. The van der Waals surface area contributed by atoms with Crippen molar-refractivity contribution >= 4 is 35.2 Å². The topological polar surface area (TPSA) is 84.5 Å². The predicted octanol–water partition coefficient (Wildman–Crippen LogP) is 1.41. The predicted molar refractivity (Wildman–Crippen MR) is 79.4 cm³/mol. The third kappa shape index (κ3) is 4.22. The van der Waals surface area contributed by atoms with E-state index in [0.29, 0.717) is 23.6 Å². The van der Waals surface area contributed by atoms with Gasteiger partial charge in [0, 0.05) is 17.0 Å². The van der Waals surface area contributed by atoms with Gasteiger partial charge in [-0.15, -0.1) is 11.8 Å². The average Bonchev–Trinajstić information content (AvgIpc) is 2.46. The monoisotopic (exact) mass is 308 g/mol. The number of esters is 1. The summed E-state index contributed by atoms with van der Waals surface area (Å²) in [4.78, 5) is 35.4. The number of hydrogen-bond donors (Lipinski definition) is 2. The van der Waals surface area contributed by atoms with E-state index < -0.39 is 0 Å². The average molecular weight is 308 g/mol. The van der Waals surface area contributed by atoms with Crippen LogP contribution in [0.5, 0.6) is 0 Å². The third-order valence-corrected chi connectivity index (χ3v) is 3.87. The summed E-state index contributed by atoms with van der Waals surface area (Å²) >= 11 is 1.44. The maximum absolute atomic E-state index is 12.0. The van der Waals surface area contributed by atoms with Crippen molar-refractivity contribution in [2.75, 3.05) is 24.2 Å². The van der Waals surface area contributed by atoms with Gasteiger partial charge < -0.3 is 15.4 Å². The molecule has 0 unspecified atom stereocenters. The normalized spacial score (nSPS) is 13.1. The summed E-state index contributed by atoms with van der Waals surface area (Å²) in [7, 11) is 0. The summed E-state index contributed by atoms with van der Waals surface area (Å²) in [6, 6.07) is 5.14. The van der Waals surface area contributed by atoms with Crippen LogP contribution in [0.3, 0.4) is 0 Å². The van der Waals surface area contributed by atoms with Gasteiger partial charge in [0.15, 0.2) is 0 Å². The molecular weight excluding hydrogens is 292 g/mol. The second-order valence-corrected chi connectivity index (χ2v) is 5.38. The van der Waals surface area contributed by atoms with Crippen molar-refractivity contribution in [2.45, 2.75) is 18.2 Å². The molecule has 0 radical (unpaired) electrons. The number of thioether (sulfide) groups is 1. The van der Waals surface area contributed by atoms with E-state index >= 15 is 0 Å². The summed E-state index contributed by atoms with van der Waals surface area (Å²) in [5, 5.41) is 5.38. The fourth-order valence-corrected chi connectivity index (χ4v) is 2.63. The van der Waals surface area contributed by atoms with Crippen LogP contribution < -0.4 is 10.6 Å². The highest BCUT2D eigenvalue weighted by Gasteiger charge is 2.17. The van der Waals surface area contributed by atoms with Gasteiger partial charge >= 0.3 is 5.97 Å². The fraction of sp³-hybridized carbons (Fsp3) is 0.357. The first-order valence-corrected chi connectivity index (χ1v) is 7.59. The number of fused-ring (bicyclic) bond motifs is 1. The van der Waals surface area contributed by atoms with Crippen LogP contribution in [0, 0.1) is 0 Å². The van der Waals surface area contributed by atoms with Gasteiger partial charge in [-0.2, -0.15) is 0 Å². The van der Waals surface area contributed by atoms with E-state index in [-0.39, 0.29) is 30.7 Å². The van der Waals surface area contributed by atoms with Crippen molar-refractivity contribution in [1.29, 1.82) is 0 Å². The zero-order valence-corrected chi connectivity index (χ0v) is 12.4. The quantitative estimate of drug-likeness (QED) is 0.804. The minimum atomic E-state index is -0.341. The van der Waals surface area contributed by atoms with E-state index in [2.05, 4.69) is 10.6 Å². The number of anilines is 1. The van der Waals surface area contributed by atoms with Crippen LogP contribution in [-0.4, -0.2) is 36.7 Å². The van der Waals surface area contributed by atoms with E-state index in [4.69, 9.17) is 4.74 Å². The van der Waals surface area contributed by atoms with Gasteiger partial charge in [0.25, 0.3) is 5.91 Å². The van der Waals surface area contributed by atoms with Crippen molar-refractivity contribution in [2.24, 2.45) is 0 Å². The summed E-state index contributed by atoms with van der Waals surface area (Å²) in [5.41, 5.74) is 1.09. The third-order valence-electron chi connectivity index (χ3n) is 2.79. The highest BCUT2D eigenvalue weighted by Crippen LogP contribution is 2.31. The van der Waals surface area contributed by atoms with Crippen LogP contribution in [0.2, 0.25) is 0 Å². The molecule has 0 aromatic heterocycles. The minimum Gasteiger partial charge on any atom is -0.466 e. The van der Waals surface area contributed by atoms with Gasteiger partial charge in [-0.1, -0.05) is 0 Å². The van der Waals surface area contributed by atoms with Crippen molar-refractivity contribution < 1.29 is 19.1 Å². The van der Waals surface area contributed by atoms with Crippen molar-refractivity contribution in [3.63, 3.8) is 0 Å². The van der Waals surface area contributed by atoms with Crippen molar-refractivity contribution in [3.8, 4) is 0 Å². The van der Waals surface area contributed by atoms with Crippen molar-refractivity contribution in [3.05, 3.63) is 23.8 Å². The van der Waals surface area contributed by atoms with Gasteiger partial charge in [0.05, 0.1) is 24.5 Å². The molecule has 6 nitrogen and oxygen atoms in total. The molecule has 1 heterocycles. The second-order valence-electron chi connectivity index (χ2n) is 4.36. The Labute approximate surface area is 126 Å². The van der Waals surface area contributed by atoms with Crippen LogP contribution in [0.4, 0.5) is 5.69 Å². The van der Waals surface area contributed by atoms with Crippen molar-refractivity contribution in [1.82, 2.24) is 5.32 Å². The van der Waals surface area contributed by atoms with Crippen LogP contribution in [-0.2, 0) is 14.3 Å². The minimum absolute atomic E-state index is 0.0765. The van der Waals surface area contributed by atoms with E-state index in [0.717, 1.165) is 4.90 Å². The van der Waals surface area contributed by atoms with Gasteiger partial charge in [0.2, 0.25) is 5.91 Å². The number of nitrogens with one attached hydrogen (secondary N) is 2. The lowest BCUT2D eigenvalue weighted by molar-refractivity contribution is -0.142. The molecule has 1 aliphatic heterocycles. The Morgan fingerprint density at radius 2 is 2.24 bits per heavy atom. The van der Waals surface area contributed by atoms with Gasteiger partial charge in [0.1, 0.15) is 0 Å². The Bertz CT molecular complexity index is 574. The first-order valence-electron chi connectivity index (χ1n) is 6.60. The Morgan fingerprint density at radius 3 is 3.00 bits per heavy atom. The molecule has 1 aliphatic rings. The Morgan fingerprint density at radius 1 is 1.43 bits per heavy atom.